The van der Waals surface area contributed by atoms with Crippen molar-refractivity contribution in [2.75, 3.05) is 13.7 Å². The van der Waals surface area contributed by atoms with E-state index < -0.39 is 30.1 Å². The highest BCUT2D eigenvalue weighted by molar-refractivity contribution is 5.72. The number of carbonyl (C=O) groups excluding carboxylic acids is 3. The largest absolute Gasteiger partial charge is 0.469 e. The van der Waals surface area contributed by atoms with Crippen molar-refractivity contribution in [3.05, 3.63) is 5.57 Å². The summed E-state index contributed by atoms with van der Waals surface area (Å²) in [5, 5.41) is 0. The van der Waals surface area contributed by atoms with Crippen molar-refractivity contribution >= 4 is 17.9 Å². The summed E-state index contributed by atoms with van der Waals surface area (Å²) in [5.41, 5.74) is 0.302. The third-order valence-electron chi connectivity index (χ3n) is 4.14. The molecule has 0 aromatic carbocycles. The smallest absolute Gasteiger partial charge is 0.306 e. The maximum Gasteiger partial charge on any atom is 0.306 e. The Morgan fingerprint density at radius 3 is 2.70 bits per heavy atom. The molecule has 2 rings (SSSR count). The molecule has 7 nitrogen and oxygen atoms in total. The van der Waals surface area contributed by atoms with Crippen molar-refractivity contribution in [3.63, 3.8) is 0 Å². The fourth-order valence-electron chi connectivity index (χ4n) is 3.06. The van der Waals surface area contributed by atoms with Crippen molar-refractivity contribution in [2.45, 2.75) is 57.5 Å². The molecule has 1 heterocycles. The molecule has 0 radical (unpaired) electrons. The lowest BCUT2D eigenvalue weighted by Crippen LogP contribution is -2.28. The van der Waals surface area contributed by atoms with Crippen LogP contribution in [0.25, 0.3) is 0 Å². The van der Waals surface area contributed by atoms with E-state index >= 15 is 0 Å². The zero-order valence-corrected chi connectivity index (χ0v) is 13.4. The maximum atomic E-state index is 11.6. The van der Waals surface area contributed by atoms with Gasteiger partial charge < -0.3 is 18.9 Å². The van der Waals surface area contributed by atoms with E-state index in [1.807, 2.05) is 5.94 Å². The molecule has 128 valence electrons. The first-order valence-corrected chi connectivity index (χ1v) is 7.81. The lowest BCUT2D eigenvalue weighted by molar-refractivity contribution is -0.181. The Balaban J connectivity index is 2.11. The predicted octanol–water partition coefficient (Wildman–Crippen LogP) is 1.17. The second kappa shape index (κ2) is 8.24. The van der Waals surface area contributed by atoms with Gasteiger partial charge in [-0.1, -0.05) is 0 Å². The van der Waals surface area contributed by atoms with Gasteiger partial charge in [0.2, 0.25) is 0 Å². The molecule has 1 unspecified atom stereocenters. The van der Waals surface area contributed by atoms with Crippen molar-refractivity contribution in [1.82, 2.24) is 0 Å². The number of methoxy groups -OCH3 is 1. The highest BCUT2D eigenvalue weighted by atomic mass is 16.7. The molecule has 1 saturated carbocycles. The van der Waals surface area contributed by atoms with Gasteiger partial charge in [0.05, 0.1) is 19.6 Å². The van der Waals surface area contributed by atoms with Gasteiger partial charge in [-0.05, 0) is 19.3 Å². The van der Waals surface area contributed by atoms with Crippen LogP contribution in [0.1, 0.15) is 39.0 Å². The van der Waals surface area contributed by atoms with Gasteiger partial charge in [-0.3, -0.25) is 9.59 Å². The minimum atomic E-state index is -0.600. The number of rotatable bonds is 5. The molecule has 0 N–H and O–H groups in total. The van der Waals surface area contributed by atoms with Gasteiger partial charge >= 0.3 is 11.9 Å². The Bertz CT molecular complexity index is 489. The van der Waals surface area contributed by atoms with Gasteiger partial charge in [0, 0.05) is 31.4 Å². The van der Waals surface area contributed by atoms with E-state index in [0.717, 1.165) is 19.3 Å². The number of ether oxygens (including phenoxy) is 4. The van der Waals surface area contributed by atoms with Crippen LogP contribution >= 0.6 is 0 Å². The standard InChI is InChI=1S/C16H22O7/c1-10(18)22-13-8-14(23-16-5-3-4-6-21-16)12(9-17)11(13)7-15(19)20-2/h11,13-14,16H,3-8H2,1-2H3/t11-,13+,14-,16?/m1/s1. The average Bonchev–Trinajstić information content (AvgIpc) is 2.83. The van der Waals surface area contributed by atoms with Crippen LogP contribution in [-0.2, 0) is 33.3 Å². The number of hydrogen-bond acceptors (Lipinski definition) is 7. The molecule has 1 aliphatic carbocycles. The molecule has 0 amide bonds. The van der Waals surface area contributed by atoms with E-state index in [9.17, 15) is 14.4 Å². The fraction of sp³-hybridized carbons (Fsp3) is 0.750. The summed E-state index contributed by atoms with van der Waals surface area (Å²) in [6, 6.07) is 0. The Kier molecular flexibility index (Phi) is 6.33. The van der Waals surface area contributed by atoms with Crippen LogP contribution in [-0.4, -0.2) is 50.1 Å². The summed E-state index contributed by atoms with van der Waals surface area (Å²) < 4.78 is 21.3. The molecule has 2 fully saturated rings. The summed E-state index contributed by atoms with van der Waals surface area (Å²) in [7, 11) is 1.27. The Hall–Kier alpha value is -1.69. The number of hydrogen-bond donors (Lipinski definition) is 0. The van der Waals surface area contributed by atoms with Crippen LogP contribution in [0.5, 0.6) is 0 Å². The third kappa shape index (κ3) is 4.64. The Labute approximate surface area is 134 Å². The van der Waals surface area contributed by atoms with E-state index in [-0.39, 0.29) is 12.7 Å². The quantitative estimate of drug-likeness (QED) is 0.553. The molecule has 2 aliphatic rings. The molecule has 1 aliphatic heterocycles. The van der Waals surface area contributed by atoms with Crippen LogP contribution in [0.15, 0.2) is 5.57 Å². The van der Waals surface area contributed by atoms with Crippen LogP contribution in [0.2, 0.25) is 0 Å². The highest BCUT2D eigenvalue weighted by Gasteiger charge is 2.44. The van der Waals surface area contributed by atoms with E-state index in [0.29, 0.717) is 18.6 Å². The van der Waals surface area contributed by atoms with Crippen molar-refractivity contribution in [3.8, 4) is 0 Å². The van der Waals surface area contributed by atoms with Crippen LogP contribution in [0.3, 0.4) is 0 Å². The molecule has 1 saturated heterocycles. The molecular formula is C16H22O7. The van der Waals surface area contributed by atoms with Crippen LogP contribution in [0.4, 0.5) is 0 Å². The van der Waals surface area contributed by atoms with Crippen molar-refractivity contribution in [1.29, 1.82) is 0 Å². The van der Waals surface area contributed by atoms with E-state index in [2.05, 4.69) is 4.74 Å². The lowest BCUT2D eigenvalue weighted by atomic mass is 9.97. The molecule has 7 heteroatoms. The monoisotopic (exact) mass is 326 g/mol. The zero-order valence-electron chi connectivity index (χ0n) is 13.4. The SMILES string of the molecule is COC(=O)C[C@@H]1C(=C=O)[C@H](OC2CCCCO2)C[C@@H]1OC(C)=O. The second-order valence-corrected chi connectivity index (χ2v) is 5.75. The Morgan fingerprint density at radius 1 is 1.35 bits per heavy atom. The predicted molar refractivity (Wildman–Crippen MR) is 78.0 cm³/mol. The minimum Gasteiger partial charge on any atom is -0.469 e. The first-order valence-electron chi connectivity index (χ1n) is 7.81. The van der Waals surface area contributed by atoms with Gasteiger partial charge in [-0.2, -0.15) is 0 Å². The molecule has 23 heavy (non-hydrogen) atoms. The van der Waals surface area contributed by atoms with E-state index in [1.165, 1.54) is 14.0 Å². The molecule has 0 bridgehead atoms. The normalized spacial score (nSPS) is 30.6. The van der Waals surface area contributed by atoms with Crippen molar-refractivity contribution in [2.24, 2.45) is 5.92 Å². The molecule has 0 aromatic rings. The molecule has 4 atom stereocenters. The average molecular weight is 326 g/mol. The van der Waals surface area contributed by atoms with Crippen LogP contribution < -0.4 is 0 Å². The van der Waals surface area contributed by atoms with Gasteiger partial charge in [0.15, 0.2) is 6.29 Å². The van der Waals surface area contributed by atoms with Gasteiger partial charge in [0.1, 0.15) is 12.0 Å². The summed E-state index contributed by atoms with van der Waals surface area (Å²) >= 11 is 0. The highest BCUT2D eigenvalue weighted by Crippen LogP contribution is 2.38. The number of esters is 2. The van der Waals surface area contributed by atoms with E-state index in [4.69, 9.17) is 14.2 Å². The summed E-state index contributed by atoms with van der Waals surface area (Å²) in [6.07, 6.45) is 1.45. The summed E-state index contributed by atoms with van der Waals surface area (Å²) in [4.78, 5) is 34.3. The molecule has 0 spiro atoms. The molecule has 0 aromatic heterocycles. The first-order chi connectivity index (χ1) is 11.0. The second-order valence-electron chi connectivity index (χ2n) is 5.75. The Morgan fingerprint density at radius 2 is 2.13 bits per heavy atom. The van der Waals surface area contributed by atoms with Gasteiger partial charge in [-0.25, -0.2) is 4.79 Å². The third-order valence-corrected chi connectivity index (χ3v) is 4.14. The van der Waals surface area contributed by atoms with Crippen molar-refractivity contribution < 1.29 is 33.3 Å². The fourth-order valence-corrected chi connectivity index (χ4v) is 3.06. The minimum absolute atomic E-state index is 0.0512. The zero-order chi connectivity index (χ0) is 16.8. The number of carbonyl (C=O) groups is 2. The van der Waals surface area contributed by atoms with Crippen LogP contribution in [0, 0.1) is 5.92 Å². The summed E-state index contributed by atoms with van der Waals surface area (Å²) in [5.74, 6) is 0.356. The van der Waals surface area contributed by atoms with Gasteiger partial charge in [0.25, 0.3) is 0 Å². The molecular weight excluding hydrogens is 304 g/mol. The lowest BCUT2D eigenvalue weighted by Gasteiger charge is -2.26. The van der Waals surface area contributed by atoms with Gasteiger partial charge in [-0.15, -0.1) is 0 Å². The van der Waals surface area contributed by atoms with E-state index in [1.54, 1.807) is 0 Å². The maximum absolute atomic E-state index is 11.6. The topological polar surface area (TPSA) is 88.1 Å². The first kappa shape index (κ1) is 17.7. The summed E-state index contributed by atoms with van der Waals surface area (Å²) in [6.45, 7) is 1.91.